The Morgan fingerprint density at radius 1 is 1.29 bits per heavy atom. The van der Waals surface area contributed by atoms with Gasteiger partial charge in [0.05, 0.1) is 20.1 Å². The molecule has 1 aromatic rings. The van der Waals surface area contributed by atoms with Gasteiger partial charge in [-0.3, -0.25) is 4.79 Å². The van der Waals surface area contributed by atoms with Crippen molar-refractivity contribution in [3.63, 3.8) is 0 Å². The molecule has 0 spiro atoms. The first-order valence-electron chi connectivity index (χ1n) is 7.80. The number of carbonyl (C=O) groups is 1. The van der Waals surface area contributed by atoms with Gasteiger partial charge in [-0.15, -0.1) is 0 Å². The van der Waals surface area contributed by atoms with E-state index in [-0.39, 0.29) is 35.0 Å². The number of hydrogen-bond acceptors (Lipinski definition) is 5. The molecule has 1 aliphatic rings. The molecule has 0 saturated heterocycles. The van der Waals surface area contributed by atoms with Gasteiger partial charge in [0.25, 0.3) is 0 Å². The van der Waals surface area contributed by atoms with Gasteiger partial charge in [-0.2, -0.15) is 0 Å². The number of benzene rings is 1. The minimum absolute atomic E-state index is 0.0112. The number of carbonyl (C=O) groups excluding carboxylic acids is 1. The lowest BCUT2D eigenvalue weighted by Gasteiger charge is -2.29. The van der Waals surface area contributed by atoms with Gasteiger partial charge in [0.1, 0.15) is 10.6 Å². The van der Waals surface area contributed by atoms with Crippen LogP contribution in [0.15, 0.2) is 23.1 Å². The molecule has 0 bridgehead atoms. The van der Waals surface area contributed by atoms with E-state index in [2.05, 4.69) is 4.72 Å². The summed E-state index contributed by atoms with van der Waals surface area (Å²) in [6.45, 7) is 0.178. The monoisotopic (exact) mass is 375 g/mol. The highest BCUT2D eigenvalue weighted by atomic mass is 35.5. The van der Waals surface area contributed by atoms with Crippen LogP contribution in [0, 0.1) is 11.8 Å². The van der Waals surface area contributed by atoms with E-state index in [1.165, 1.54) is 26.4 Å². The summed E-state index contributed by atoms with van der Waals surface area (Å²) in [5.41, 5.74) is 0. The molecular weight excluding hydrogens is 354 g/mol. The molecular formula is C16H22ClNO5S. The van der Waals surface area contributed by atoms with E-state index >= 15 is 0 Å². The molecule has 8 heteroatoms. The molecule has 6 nitrogen and oxygen atoms in total. The van der Waals surface area contributed by atoms with Crippen molar-refractivity contribution in [2.24, 2.45) is 11.8 Å². The van der Waals surface area contributed by atoms with E-state index < -0.39 is 10.0 Å². The number of methoxy groups -OCH3 is 2. The summed E-state index contributed by atoms with van der Waals surface area (Å²) < 4.78 is 37.7. The van der Waals surface area contributed by atoms with Crippen LogP contribution >= 0.6 is 11.6 Å². The lowest BCUT2D eigenvalue weighted by atomic mass is 9.79. The third kappa shape index (κ3) is 4.40. The van der Waals surface area contributed by atoms with Crippen LogP contribution in [0.1, 0.15) is 25.7 Å². The summed E-state index contributed by atoms with van der Waals surface area (Å²) in [4.78, 5) is 11.9. The number of ether oxygens (including phenoxy) is 2. The highest BCUT2D eigenvalue weighted by molar-refractivity contribution is 7.89. The van der Waals surface area contributed by atoms with Gasteiger partial charge in [-0.05, 0) is 37.0 Å². The molecule has 24 heavy (non-hydrogen) atoms. The molecule has 0 radical (unpaired) electrons. The Hall–Kier alpha value is -1.31. The molecule has 134 valence electrons. The zero-order valence-electron chi connectivity index (χ0n) is 13.7. The number of sulfonamides is 1. The smallest absolute Gasteiger partial charge is 0.308 e. The number of esters is 1. The molecule has 1 saturated carbocycles. The first-order valence-corrected chi connectivity index (χ1v) is 9.66. The van der Waals surface area contributed by atoms with Gasteiger partial charge < -0.3 is 9.47 Å². The Bertz CT molecular complexity index is 692. The summed E-state index contributed by atoms with van der Waals surface area (Å²) in [5, 5.41) is 0.307. The second-order valence-corrected chi connectivity index (χ2v) is 7.99. The van der Waals surface area contributed by atoms with Crippen LogP contribution in [0.2, 0.25) is 5.02 Å². The summed E-state index contributed by atoms with van der Waals surface area (Å²) in [7, 11) is -1.04. The van der Waals surface area contributed by atoms with Gasteiger partial charge in [0.15, 0.2) is 0 Å². The lowest BCUT2D eigenvalue weighted by Crippen LogP contribution is -2.37. The Morgan fingerprint density at radius 2 is 2.00 bits per heavy atom. The molecule has 2 rings (SSSR count). The number of hydrogen-bond donors (Lipinski definition) is 1. The Balaban J connectivity index is 2.15. The molecule has 1 aromatic carbocycles. The fraction of sp³-hybridized carbons (Fsp3) is 0.562. The number of halogens is 1. The molecule has 0 amide bonds. The summed E-state index contributed by atoms with van der Waals surface area (Å²) in [5.74, 6) is -0.404. The van der Waals surface area contributed by atoms with Crippen LogP contribution in [0.25, 0.3) is 0 Å². The predicted molar refractivity (Wildman–Crippen MR) is 90.7 cm³/mol. The maximum absolute atomic E-state index is 12.6. The van der Waals surface area contributed by atoms with E-state index in [0.717, 1.165) is 25.7 Å². The van der Waals surface area contributed by atoms with Crippen molar-refractivity contribution in [2.45, 2.75) is 30.6 Å². The minimum atomic E-state index is -3.79. The fourth-order valence-corrected chi connectivity index (χ4v) is 4.59. The molecule has 0 heterocycles. The fourth-order valence-electron chi connectivity index (χ4n) is 3.07. The largest absolute Gasteiger partial charge is 0.495 e. The van der Waals surface area contributed by atoms with E-state index in [1.807, 2.05) is 0 Å². The predicted octanol–water partition coefficient (Wildman–Crippen LogP) is 2.61. The Morgan fingerprint density at radius 3 is 2.67 bits per heavy atom. The molecule has 2 unspecified atom stereocenters. The summed E-state index contributed by atoms with van der Waals surface area (Å²) in [6, 6.07) is 4.42. The Kier molecular flexibility index (Phi) is 6.48. The van der Waals surface area contributed by atoms with Gasteiger partial charge >= 0.3 is 5.97 Å². The second-order valence-electron chi connectivity index (χ2n) is 5.82. The van der Waals surface area contributed by atoms with Crippen LogP contribution in [-0.2, 0) is 19.6 Å². The SMILES string of the molecule is COC(=O)C1CCCCC1CNS(=O)(=O)c1cc(Cl)ccc1OC. The summed E-state index contributed by atoms with van der Waals surface area (Å²) >= 11 is 5.90. The zero-order valence-corrected chi connectivity index (χ0v) is 15.3. The maximum Gasteiger partial charge on any atom is 0.308 e. The highest BCUT2D eigenvalue weighted by Crippen LogP contribution is 2.32. The van der Waals surface area contributed by atoms with E-state index in [9.17, 15) is 13.2 Å². The molecule has 1 fully saturated rings. The quantitative estimate of drug-likeness (QED) is 0.773. The summed E-state index contributed by atoms with van der Waals surface area (Å²) in [6.07, 6.45) is 3.43. The van der Waals surface area contributed by atoms with Crippen molar-refractivity contribution >= 4 is 27.6 Å². The zero-order chi connectivity index (χ0) is 17.7. The number of rotatable bonds is 6. The van der Waals surface area contributed by atoms with Crippen molar-refractivity contribution in [3.05, 3.63) is 23.2 Å². The van der Waals surface area contributed by atoms with Gasteiger partial charge in [0.2, 0.25) is 10.0 Å². The van der Waals surface area contributed by atoms with Gasteiger partial charge in [-0.1, -0.05) is 24.4 Å². The Labute approximate surface area is 147 Å². The van der Waals surface area contributed by atoms with Crippen molar-refractivity contribution in [2.75, 3.05) is 20.8 Å². The first-order chi connectivity index (χ1) is 11.4. The van der Waals surface area contributed by atoms with Crippen LogP contribution < -0.4 is 9.46 Å². The minimum Gasteiger partial charge on any atom is -0.495 e. The third-order valence-electron chi connectivity index (χ3n) is 4.36. The highest BCUT2D eigenvalue weighted by Gasteiger charge is 2.33. The molecule has 1 N–H and O–H groups in total. The average Bonchev–Trinajstić information content (AvgIpc) is 2.59. The van der Waals surface area contributed by atoms with Crippen molar-refractivity contribution in [1.29, 1.82) is 0 Å². The molecule has 1 aliphatic carbocycles. The van der Waals surface area contributed by atoms with E-state index in [4.69, 9.17) is 21.1 Å². The standard InChI is InChI=1S/C16H22ClNO5S/c1-22-14-8-7-12(17)9-15(14)24(20,21)18-10-11-5-3-4-6-13(11)16(19)23-2/h7-9,11,13,18H,3-6,10H2,1-2H3. The normalized spacial score (nSPS) is 21.3. The van der Waals surface area contributed by atoms with Crippen molar-refractivity contribution in [1.82, 2.24) is 4.72 Å². The molecule has 2 atom stereocenters. The second kappa shape index (κ2) is 8.18. The van der Waals surface area contributed by atoms with E-state index in [0.29, 0.717) is 5.02 Å². The topological polar surface area (TPSA) is 81.7 Å². The van der Waals surface area contributed by atoms with Crippen molar-refractivity contribution in [3.8, 4) is 5.75 Å². The number of nitrogens with one attached hydrogen (secondary N) is 1. The van der Waals surface area contributed by atoms with Crippen LogP contribution in [0.5, 0.6) is 5.75 Å². The first kappa shape index (κ1) is 19.0. The third-order valence-corrected chi connectivity index (χ3v) is 6.04. The lowest BCUT2D eigenvalue weighted by molar-refractivity contribution is -0.148. The van der Waals surface area contributed by atoms with Crippen molar-refractivity contribution < 1.29 is 22.7 Å². The van der Waals surface area contributed by atoms with Crippen LogP contribution in [0.3, 0.4) is 0 Å². The average molecular weight is 376 g/mol. The molecule has 0 aliphatic heterocycles. The van der Waals surface area contributed by atoms with Gasteiger partial charge in [0, 0.05) is 11.6 Å². The van der Waals surface area contributed by atoms with Gasteiger partial charge in [-0.25, -0.2) is 13.1 Å². The molecule has 0 aromatic heterocycles. The van der Waals surface area contributed by atoms with Crippen LogP contribution in [-0.4, -0.2) is 35.2 Å². The van der Waals surface area contributed by atoms with E-state index in [1.54, 1.807) is 6.07 Å². The maximum atomic E-state index is 12.6. The van der Waals surface area contributed by atoms with Crippen LogP contribution in [0.4, 0.5) is 0 Å².